The first-order chi connectivity index (χ1) is 13.3. The average Bonchev–Trinajstić information content (AvgIpc) is 3.16. The molecule has 0 unspecified atom stereocenters. The van der Waals surface area contributed by atoms with Gasteiger partial charge in [-0.1, -0.05) is 11.8 Å². The Morgan fingerprint density at radius 1 is 1.18 bits per heavy atom. The lowest BCUT2D eigenvalue weighted by Crippen LogP contribution is -2.31. The van der Waals surface area contributed by atoms with Gasteiger partial charge < -0.3 is 0 Å². The van der Waals surface area contributed by atoms with E-state index in [9.17, 15) is 19.7 Å². The summed E-state index contributed by atoms with van der Waals surface area (Å²) in [4.78, 5) is 40.8. The zero-order valence-corrected chi connectivity index (χ0v) is 15.7. The average molecular weight is 398 g/mol. The van der Waals surface area contributed by atoms with Crippen LogP contribution in [0.3, 0.4) is 0 Å². The molecule has 11 heteroatoms. The first-order valence-electron chi connectivity index (χ1n) is 8.32. The molecule has 1 aliphatic heterocycles. The molecule has 1 saturated heterocycles. The third-order valence-electron chi connectivity index (χ3n) is 4.33. The van der Waals surface area contributed by atoms with Crippen LogP contribution in [0.4, 0.5) is 11.4 Å². The summed E-state index contributed by atoms with van der Waals surface area (Å²) in [6.07, 6.45) is 0.00768. The fraction of sp³-hybridized carbons (Fsp3) is 0.235. The molecule has 10 nitrogen and oxygen atoms in total. The van der Waals surface area contributed by atoms with Gasteiger partial charge in [0.05, 0.1) is 10.6 Å². The lowest BCUT2D eigenvalue weighted by molar-refractivity contribution is -0.384. The molecule has 28 heavy (non-hydrogen) atoms. The SMILES string of the molecule is Cc1cc(C)n2c(S[C@@H]3CC(=O)N(c4ccc([N+](=O)[O-])cc4)C3=O)nnc2n1. The lowest BCUT2D eigenvalue weighted by Gasteiger charge is -2.14. The molecule has 2 amide bonds. The maximum atomic E-state index is 12.8. The molecule has 3 heterocycles. The first-order valence-corrected chi connectivity index (χ1v) is 9.20. The number of amides is 2. The Labute approximate surface area is 162 Å². The van der Waals surface area contributed by atoms with Gasteiger partial charge >= 0.3 is 0 Å². The van der Waals surface area contributed by atoms with Gasteiger partial charge in [0, 0.05) is 29.9 Å². The molecule has 1 fully saturated rings. The number of hydrogen-bond acceptors (Lipinski definition) is 8. The summed E-state index contributed by atoms with van der Waals surface area (Å²) in [7, 11) is 0. The molecule has 1 aliphatic rings. The third-order valence-corrected chi connectivity index (χ3v) is 5.46. The van der Waals surface area contributed by atoms with Gasteiger partial charge in [-0.2, -0.15) is 0 Å². The molecule has 2 aromatic heterocycles. The highest BCUT2D eigenvalue weighted by atomic mass is 32.2. The van der Waals surface area contributed by atoms with Crippen LogP contribution in [-0.2, 0) is 9.59 Å². The number of carbonyl (C=O) groups excluding carboxylic acids is 2. The number of rotatable bonds is 4. The second kappa shape index (κ2) is 6.68. The highest BCUT2D eigenvalue weighted by Gasteiger charge is 2.41. The number of hydrogen-bond donors (Lipinski definition) is 0. The summed E-state index contributed by atoms with van der Waals surface area (Å²) in [5, 5.41) is 18.8. The zero-order valence-electron chi connectivity index (χ0n) is 14.9. The Kier molecular flexibility index (Phi) is 4.30. The van der Waals surface area contributed by atoms with Crippen molar-refractivity contribution in [2.45, 2.75) is 30.7 Å². The van der Waals surface area contributed by atoms with Crippen LogP contribution in [-0.4, -0.2) is 41.6 Å². The van der Waals surface area contributed by atoms with E-state index >= 15 is 0 Å². The first kappa shape index (κ1) is 18.0. The molecule has 0 bridgehead atoms. The van der Waals surface area contributed by atoms with Crippen LogP contribution >= 0.6 is 11.8 Å². The van der Waals surface area contributed by atoms with Gasteiger partial charge in [-0.05, 0) is 32.0 Å². The summed E-state index contributed by atoms with van der Waals surface area (Å²) in [6.45, 7) is 3.75. The fourth-order valence-corrected chi connectivity index (χ4v) is 4.20. The maximum Gasteiger partial charge on any atom is 0.269 e. The van der Waals surface area contributed by atoms with Gasteiger partial charge in [-0.25, -0.2) is 9.88 Å². The number of benzene rings is 1. The molecule has 0 saturated carbocycles. The van der Waals surface area contributed by atoms with Crippen molar-refractivity contribution >= 4 is 40.7 Å². The van der Waals surface area contributed by atoms with Gasteiger partial charge in [-0.15, -0.1) is 10.2 Å². The van der Waals surface area contributed by atoms with Crippen LogP contribution in [0.1, 0.15) is 17.8 Å². The van der Waals surface area contributed by atoms with E-state index in [1.807, 2.05) is 19.9 Å². The summed E-state index contributed by atoms with van der Waals surface area (Å²) < 4.78 is 1.74. The van der Waals surface area contributed by atoms with E-state index in [1.54, 1.807) is 4.40 Å². The Morgan fingerprint density at radius 2 is 1.89 bits per heavy atom. The van der Waals surface area contributed by atoms with Crippen molar-refractivity contribution in [3.8, 4) is 0 Å². The van der Waals surface area contributed by atoms with Gasteiger partial charge in [0.2, 0.25) is 11.8 Å². The number of aromatic nitrogens is 4. The summed E-state index contributed by atoms with van der Waals surface area (Å²) in [6, 6.07) is 7.19. The Morgan fingerprint density at radius 3 is 2.57 bits per heavy atom. The van der Waals surface area contributed by atoms with Crippen molar-refractivity contribution in [2.24, 2.45) is 0 Å². The number of imide groups is 1. The van der Waals surface area contributed by atoms with E-state index in [-0.39, 0.29) is 18.0 Å². The monoisotopic (exact) mass is 398 g/mol. The maximum absolute atomic E-state index is 12.8. The third kappa shape index (κ3) is 2.99. The molecule has 1 atom stereocenters. The zero-order chi connectivity index (χ0) is 20.0. The summed E-state index contributed by atoms with van der Waals surface area (Å²) >= 11 is 1.15. The molecule has 0 N–H and O–H groups in total. The van der Waals surface area contributed by atoms with E-state index in [1.165, 1.54) is 24.3 Å². The molecule has 0 aliphatic carbocycles. The second-order valence-corrected chi connectivity index (χ2v) is 7.48. The van der Waals surface area contributed by atoms with Crippen molar-refractivity contribution in [3.63, 3.8) is 0 Å². The van der Waals surface area contributed by atoms with Crippen molar-refractivity contribution in [2.75, 3.05) is 4.90 Å². The standard InChI is InChI=1S/C17H14N6O4S/c1-9-7-10(2)21-16(18-9)19-20-17(21)28-13-8-14(24)22(15(13)25)11-3-5-12(6-4-11)23(26)27/h3-7,13H,8H2,1-2H3/t13-/m1/s1. The lowest BCUT2D eigenvalue weighted by atomic mass is 10.2. The highest BCUT2D eigenvalue weighted by molar-refractivity contribution is 8.00. The van der Waals surface area contributed by atoms with Crippen molar-refractivity contribution in [1.82, 2.24) is 19.6 Å². The van der Waals surface area contributed by atoms with E-state index in [4.69, 9.17) is 0 Å². The number of nitro groups is 1. The van der Waals surface area contributed by atoms with Gasteiger partial charge in [0.1, 0.15) is 5.25 Å². The number of fused-ring (bicyclic) bond motifs is 1. The number of non-ortho nitro benzene ring substituents is 1. The highest BCUT2D eigenvalue weighted by Crippen LogP contribution is 2.34. The van der Waals surface area contributed by atoms with Crippen molar-refractivity contribution in [1.29, 1.82) is 0 Å². The van der Waals surface area contributed by atoms with Gasteiger partial charge in [-0.3, -0.25) is 24.1 Å². The number of carbonyl (C=O) groups is 2. The van der Waals surface area contributed by atoms with E-state index in [0.717, 1.165) is 28.0 Å². The molecule has 1 aromatic carbocycles. The second-order valence-electron chi connectivity index (χ2n) is 6.31. The van der Waals surface area contributed by atoms with Crippen LogP contribution in [0.25, 0.3) is 5.78 Å². The van der Waals surface area contributed by atoms with E-state index in [0.29, 0.717) is 16.6 Å². The Balaban J connectivity index is 1.60. The predicted molar refractivity (Wildman–Crippen MR) is 100 cm³/mol. The minimum Gasteiger partial charge on any atom is -0.274 e. The normalized spacial score (nSPS) is 16.9. The summed E-state index contributed by atoms with van der Waals surface area (Å²) in [5.41, 5.74) is 1.88. The fourth-order valence-electron chi connectivity index (χ4n) is 3.09. The van der Waals surface area contributed by atoms with Crippen LogP contribution in [0.15, 0.2) is 35.5 Å². The minimum absolute atomic E-state index is 0.00768. The van der Waals surface area contributed by atoms with Crippen LogP contribution in [0.5, 0.6) is 0 Å². The van der Waals surface area contributed by atoms with Gasteiger partial charge in [0.15, 0.2) is 5.16 Å². The van der Waals surface area contributed by atoms with Crippen LogP contribution in [0.2, 0.25) is 0 Å². The minimum atomic E-state index is -0.657. The number of nitro benzene ring substituents is 1. The topological polar surface area (TPSA) is 124 Å². The number of aryl methyl sites for hydroxylation is 2. The molecule has 3 aromatic rings. The van der Waals surface area contributed by atoms with Gasteiger partial charge in [0.25, 0.3) is 11.5 Å². The molecule has 4 rings (SSSR count). The molecule has 0 radical (unpaired) electrons. The van der Waals surface area contributed by atoms with E-state index in [2.05, 4.69) is 15.2 Å². The Hall–Kier alpha value is -3.34. The predicted octanol–water partition coefficient (Wildman–Crippen LogP) is 2.07. The molecular weight excluding hydrogens is 384 g/mol. The number of thioether (sulfide) groups is 1. The van der Waals surface area contributed by atoms with Crippen LogP contribution < -0.4 is 4.90 Å². The quantitative estimate of drug-likeness (QED) is 0.372. The van der Waals surface area contributed by atoms with Crippen molar-refractivity contribution in [3.05, 3.63) is 51.8 Å². The van der Waals surface area contributed by atoms with E-state index < -0.39 is 16.1 Å². The van der Waals surface area contributed by atoms with Crippen LogP contribution in [0, 0.1) is 24.0 Å². The Bertz CT molecular complexity index is 1130. The van der Waals surface area contributed by atoms with Crippen molar-refractivity contribution < 1.29 is 14.5 Å². The number of nitrogens with zero attached hydrogens (tertiary/aromatic N) is 6. The molecule has 0 spiro atoms. The molecular formula is C17H14N6O4S. The number of anilines is 1. The smallest absolute Gasteiger partial charge is 0.269 e. The summed E-state index contributed by atoms with van der Waals surface area (Å²) in [5.74, 6) is -0.321. The largest absolute Gasteiger partial charge is 0.274 e. The molecule has 142 valence electrons.